The van der Waals surface area contributed by atoms with Gasteiger partial charge in [0.15, 0.2) is 0 Å². The van der Waals surface area contributed by atoms with Gasteiger partial charge in [0.05, 0.1) is 16.7 Å². The summed E-state index contributed by atoms with van der Waals surface area (Å²) < 4.78 is 13.1. The summed E-state index contributed by atoms with van der Waals surface area (Å²) in [5.41, 5.74) is 2.29. The van der Waals surface area contributed by atoms with E-state index < -0.39 is 4.92 Å². The van der Waals surface area contributed by atoms with Crippen LogP contribution in [0, 0.1) is 29.8 Å². The highest BCUT2D eigenvalue weighted by Gasteiger charge is 2.17. The lowest BCUT2D eigenvalue weighted by Gasteiger charge is -2.13. The number of hydrogen-bond acceptors (Lipinski definition) is 6. The minimum absolute atomic E-state index is 0.00392. The van der Waals surface area contributed by atoms with Crippen LogP contribution in [0.2, 0.25) is 0 Å². The lowest BCUT2D eigenvalue weighted by Crippen LogP contribution is -2.08. The molecule has 0 amide bonds. The minimum Gasteiger partial charge on any atom is -0.363 e. The van der Waals surface area contributed by atoms with Crippen molar-refractivity contribution in [1.29, 1.82) is 0 Å². The molecule has 1 aromatic carbocycles. The van der Waals surface area contributed by atoms with Gasteiger partial charge in [-0.25, -0.2) is 14.4 Å². The topological polar surface area (TPSA) is 81.0 Å². The van der Waals surface area contributed by atoms with E-state index in [2.05, 4.69) is 15.3 Å². The SMILES string of the molecule is Cc1cc(NC(C)c2sc(-c3ccc(F)cc3)nc2C)ncc1[N+](=O)[O-]. The van der Waals surface area contributed by atoms with E-state index in [4.69, 9.17) is 0 Å². The van der Waals surface area contributed by atoms with E-state index in [1.807, 2.05) is 13.8 Å². The van der Waals surface area contributed by atoms with E-state index in [-0.39, 0.29) is 17.5 Å². The van der Waals surface area contributed by atoms with Crippen LogP contribution in [0.3, 0.4) is 0 Å². The highest BCUT2D eigenvalue weighted by atomic mass is 32.1. The molecule has 0 saturated carbocycles. The van der Waals surface area contributed by atoms with Crippen LogP contribution in [-0.4, -0.2) is 14.9 Å². The van der Waals surface area contributed by atoms with Crippen LogP contribution in [-0.2, 0) is 0 Å². The van der Waals surface area contributed by atoms with Crippen LogP contribution < -0.4 is 5.32 Å². The normalized spacial score (nSPS) is 12.0. The molecular weight excluding hydrogens is 355 g/mol. The third-order valence-corrected chi connectivity index (χ3v) is 5.35. The van der Waals surface area contributed by atoms with Gasteiger partial charge in [-0.3, -0.25) is 10.1 Å². The number of thiazole rings is 1. The second-order valence-corrected chi connectivity index (χ2v) is 6.99. The number of benzene rings is 1. The lowest BCUT2D eigenvalue weighted by molar-refractivity contribution is -0.385. The molecule has 2 heterocycles. The van der Waals surface area contributed by atoms with Crippen molar-refractivity contribution in [2.75, 3.05) is 5.32 Å². The van der Waals surface area contributed by atoms with Crippen LogP contribution in [0.4, 0.5) is 15.9 Å². The molecule has 0 spiro atoms. The van der Waals surface area contributed by atoms with Crippen molar-refractivity contribution in [3.8, 4) is 10.6 Å². The third-order valence-electron chi connectivity index (χ3n) is 3.96. The van der Waals surface area contributed by atoms with Gasteiger partial charge in [0.25, 0.3) is 5.69 Å². The van der Waals surface area contributed by atoms with Crippen LogP contribution in [0.15, 0.2) is 36.5 Å². The Morgan fingerprint density at radius 2 is 1.96 bits per heavy atom. The maximum Gasteiger partial charge on any atom is 0.290 e. The molecular formula is C18H17FN4O2S. The average Bonchev–Trinajstić information content (AvgIpc) is 2.97. The summed E-state index contributed by atoms with van der Waals surface area (Å²) >= 11 is 1.53. The van der Waals surface area contributed by atoms with Crippen molar-refractivity contribution in [2.45, 2.75) is 26.8 Å². The summed E-state index contributed by atoms with van der Waals surface area (Å²) in [5, 5.41) is 15.0. The summed E-state index contributed by atoms with van der Waals surface area (Å²) in [5.74, 6) is 0.286. The molecule has 1 N–H and O–H groups in total. The first-order valence-electron chi connectivity index (χ1n) is 7.96. The Hall–Kier alpha value is -2.87. The first kappa shape index (κ1) is 17.9. The minimum atomic E-state index is -0.447. The van der Waals surface area contributed by atoms with E-state index in [1.165, 1.54) is 29.7 Å². The van der Waals surface area contributed by atoms with Gasteiger partial charge < -0.3 is 5.32 Å². The van der Waals surface area contributed by atoms with Gasteiger partial charge in [-0.2, -0.15) is 0 Å². The summed E-state index contributed by atoms with van der Waals surface area (Å²) in [7, 11) is 0. The number of nitro groups is 1. The van der Waals surface area contributed by atoms with Gasteiger partial charge in [0.1, 0.15) is 22.8 Å². The van der Waals surface area contributed by atoms with E-state index in [1.54, 1.807) is 25.1 Å². The van der Waals surface area contributed by atoms with E-state index in [9.17, 15) is 14.5 Å². The Balaban J connectivity index is 1.82. The fourth-order valence-corrected chi connectivity index (χ4v) is 3.71. The molecule has 1 unspecified atom stereocenters. The van der Waals surface area contributed by atoms with Crippen LogP contribution in [0.5, 0.6) is 0 Å². The molecule has 0 radical (unpaired) electrons. The number of aromatic nitrogens is 2. The standard InChI is InChI=1S/C18H17FN4O2S/c1-10-8-16(20-9-15(10)23(24)25)21-11(2)17-12(3)22-18(26-17)13-4-6-14(19)7-5-13/h4-9,11H,1-3H3,(H,20,21). The summed E-state index contributed by atoms with van der Waals surface area (Å²) in [6.45, 7) is 5.58. The lowest BCUT2D eigenvalue weighted by atomic mass is 10.2. The van der Waals surface area contributed by atoms with E-state index >= 15 is 0 Å². The highest BCUT2D eigenvalue weighted by Crippen LogP contribution is 2.33. The van der Waals surface area contributed by atoms with Crippen LogP contribution in [0.1, 0.15) is 29.1 Å². The summed E-state index contributed by atoms with van der Waals surface area (Å²) in [6.07, 6.45) is 1.26. The molecule has 0 aliphatic heterocycles. The van der Waals surface area contributed by atoms with Gasteiger partial charge >= 0.3 is 0 Å². The monoisotopic (exact) mass is 372 g/mol. The quantitative estimate of drug-likeness (QED) is 0.501. The van der Waals surface area contributed by atoms with Crippen molar-refractivity contribution in [3.63, 3.8) is 0 Å². The zero-order valence-electron chi connectivity index (χ0n) is 14.5. The molecule has 0 fully saturated rings. The second-order valence-electron chi connectivity index (χ2n) is 5.95. The van der Waals surface area contributed by atoms with E-state index in [0.29, 0.717) is 11.4 Å². The van der Waals surface area contributed by atoms with Crippen LogP contribution in [0.25, 0.3) is 10.6 Å². The van der Waals surface area contributed by atoms with Gasteiger partial charge in [-0.15, -0.1) is 11.3 Å². The van der Waals surface area contributed by atoms with Gasteiger partial charge in [0, 0.05) is 16.0 Å². The number of hydrogen-bond donors (Lipinski definition) is 1. The molecule has 1 atom stereocenters. The van der Waals surface area contributed by atoms with Crippen LogP contribution >= 0.6 is 11.3 Å². The maximum absolute atomic E-state index is 13.1. The molecule has 8 heteroatoms. The maximum atomic E-state index is 13.1. The Kier molecular flexibility index (Phi) is 4.94. The van der Waals surface area contributed by atoms with Crippen molar-refractivity contribution in [1.82, 2.24) is 9.97 Å². The Morgan fingerprint density at radius 3 is 2.58 bits per heavy atom. The number of pyridine rings is 1. The number of nitrogens with zero attached hydrogens (tertiary/aromatic N) is 3. The molecule has 0 aliphatic rings. The number of anilines is 1. The molecule has 6 nitrogen and oxygen atoms in total. The van der Waals surface area contributed by atoms with Gasteiger partial charge in [-0.1, -0.05) is 0 Å². The number of rotatable bonds is 5. The number of halogens is 1. The van der Waals surface area contributed by atoms with Gasteiger partial charge in [0.2, 0.25) is 0 Å². The Morgan fingerprint density at radius 1 is 1.27 bits per heavy atom. The molecule has 134 valence electrons. The van der Waals surface area contributed by atoms with Crippen molar-refractivity contribution < 1.29 is 9.31 Å². The molecule has 0 aliphatic carbocycles. The van der Waals surface area contributed by atoms with Crippen molar-refractivity contribution in [2.24, 2.45) is 0 Å². The number of nitrogens with one attached hydrogen (secondary N) is 1. The second kappa shape index (κ2) is 7.17. The van der Waals surface area contributed by atoms with Gasteiger partial charge in [-0.05, 0) is 51.1 Å². The third kappa shape index (κ3) is 3.70. The fourth-order valence-electron chi connectivity index (χ4n) is 2.63. The van der Waals surface area contributed by atoms with Crippen molar-refractivity contribution >= 4 is 22.8 Å². The smallest absolute Gasteiger partial charge is 0.290 e. The summed E-state index contributed by atoms with van der Waals surface area (Å²) in [4.78, 5) is 20.2. The average molecular weight is 372 g/mol. The zero-order chi connectivity index (χ0) is 18.8. The number of aryl methyl sites for hydroxylation is 2. The molecule has 26 heavy (non-hydrogen) atoms. The van der Waals surface area contributed by atoms with Crippen molar-refractivity contribution in [3.05, 3.63) is 68.6 Å². The Labute approximate surface area is 153 Å². The fraction of sp³-hybridized carbons (Fsp3) is 0.222. The Bertz CT molecular complexity index is 956. The molecule has 2 aromatic heterocycles. The van der Waals surface area contributed by atoms with E-state index in [0.717, 1.165) is 21.1 Å². The highest BCUT2D eigenvalue weighted by molar-refractivity contribution is 7.15. The first-order chi connectivity index (χ1) is 12.3. The summed E-state index contributed by atoms with van der Waals surface area (Å²) in [6, 6.07) is 7.82. The zero-order valence-corrected chi connectivity index (χ0v) is 15.3. The molecule has 0 bridgehead atoms. The predicted octanol–water partition coefficient (Wildman–Crippen LogP) is 5.04. The molecule has 0 saturated heterocycles. The molecule has 3 rings (SSSR count). The predicted molar refractivity (Wildman–Crippen MR) is 99.9 cm³/mol. The molecule has 3 aromatic rings. The largest absolute Gasteiger partial charge is 0.363 e. The first-order valence-corrected chi connectivity index (χ1v) is 8.77.